The van der Waals surface area contributed by atoms with Crippen LogP contribution in [0, 0.1) is 5.92 Å². The highest BCUT2D eigenvalue weighted by Crippen LogP contribution is 2.39. The molecule has 2 aliphatic rings. The van der Waals surface area contributed by atoms with Crippen LogP contribution in [0.3, 0.4) is 0 Å². The molecule has 37 heavy (non-hydrogen) atoms. The van der Waals surface area contributed by atoms with E-state index in [4.69, 9.17) is 5.14 Å². The van der Waals surface area contributed by atoms with Crippen LogP contribution in [0.25, 0.3) is 0 Å². The van der Waals surface area contributed by atoms with Gasteiger partial charge in [-0.1, -0.05) is 62.1 Å². The van der Waals surface area contributed by atoms with Crippen molar-refractivity contribution in [3.05, 3.63) is 59.7 Å². The Kier molecular flexibility index (Phi) is 7.99. The average Bonchev–Trinajstić information content (AvgIpc) is 3.45. The Labute approximate surface area is 220 Å². The highest BCUT2D eigenvalue weighted by Gasteiger charge is 2.53. The molecule has 0 saturated heterocycles. The van der Waals surface area contributed by atoms with Crippen molar-refractivity contribution in [1.82, 2.24) is 10.3 Å². The Bertz CT molecular complexity index is 1370. The molecule has 202 valence electrons. The van der Waals surface area contributed by atoms with Crippen LogP contribution in [0.5, 0.6) is 0 Å². The van der Waals surface area contributed by atoms with E-state index in [1.54, 1.807) is 38.2 Å². The third kappa shape index (κ3) is 5.69. The van der Waals surface area contributed by atoms with E-state index >= 15 is 0 Å². The maximum absolute atomic E-state index is 13.7. The van der Waals surface area contributed by atoms with Gasteiger partial charge in [0.25, 0.3) is 10.0 Å². The van der Waals surface area contributed by atoms with Gasteiger partial charge in [-0.3, -0.25) is 9.73 Å². The molecule has 1 aliphatic carbocycles. The molecule has 2 atom stereocenters. The summed E-state index contributed by atoms with van der Waals surface area (Å²) in [6.07, 6.45) is 6.27. The second kappa shape index (κ2) is 10.7. The van der Waals surface area contributed by atoms with Crippen molar-refractivity contribution in [3.8, 4) is 0 Å². The summed E-state index contributed by atoms with van der Waals surface area (Å²) in [5.74, 6) is 0.750. The molecule has 1 fully saturated rings. The zero-order chi connectivity index (χ0) is 26.8. The van der Waals surface area contributed by atoms with Crippen molar-refractivity contribution in [3.63, 3.8) is 0 Å². The number of anilines is 1. The predicted molar refractivity (Wildman–Crippen MR) is 147 cm³/mol. The van der Waals surface area contributed by atoms with Gasteiger partial charge < -0.3 is 5.32 Å². The summed E-state index contributed by atoms with van der Waals surface area (Å²) >= 11 is 0. The van der Waals surface area contributed by atoms with Crippen LogP contribution in [0.2, 0.25) is 0 Å². The highest BCUT2D eigenvalue weighted by atomic mass is 32.2. The molecule has 4 N–H and O–H groups in total. The standard InChI is InChI=1S/C26H37N5O4S2/c1-19(16-21-10-4-5-11-21)28-17-22-12-6-8-14-24(22)30-36(32,33)25-15-9-7-13-23(25)26(37(27,34)35)18-31(3)29-20(26)2/h6-9,12-15,19,21,28,30H,4-5,10-11,16-18H2,1-3H3,(H2,27,34,35)/t19-,26?/m0/s1. The fraction of sp³-hybridized carbons (Fsp3) is 0.500. The monoisotopic (exact) mass is 547 g/mol. The lowest BCUT2D eigenvalue weighted by molar-refractivity contribution is 0.365. The minimum absolute atomic E-state index is 0.0798. The van der Waals surface area contributed by atoms with Crippen molar-refractivity contribution < 1.29 is 16.8 Å². The van der Waals surface area contributed by atoms with E-state index in [1.807, 2.05) is 12.1 Å². The van der Waals surface area contributed by atoms with E-state index in [0.29, 0.717) is 18.3 Å². The van der Waals surface area contributed by atoms with Gasteiger partial charge in [0.1, 0.15) is 0 Å². The van der Waals surface area contributed by atoms with Crippen LogP contribution in [0.15, 0.2) is 58.5 Å². The lowest BCUT2D eigenvalue weighted by atomic mass is 9.94. The van der Waals surface area contributed by atoms with Crippen molar-refractivity contribution in [2.24, 2.45) is 16.2 Å². The first-order valence-electron chi connectivity index (χ1n) is 12.7. The smallest absolute Gasteiger partial charge is 0.262 e. The lowest BCUT2D eigenvalue weighted by Gasteiger charge is -2.29. The highest BCUT2D eigenvalue weighted by molar-refractivity contribution is 7.93. The van der Waals surface area contributed by atoms with E-state index in [2.05, 4.69) is 22.1 Å². The Balaban J connectivity index is 1.62. The number of para-hydroxylation sites is 1. The second-order valence-electron chi connectivity index (χ2n) is 10.3. The van der Waals surface area contributed by atoms with Gasteiger partial charge in [-0.05, 0) is 43.9 Å². The van der Waals surface area contributed by atoms with Crippen molar-refractivity contribution in [1.29, 1.82) is 0 Å². The summed E-state index contributed by atoms with van der Waals surface area (Å²) in [5, 5.41) is 15.0. The summed E-state index contributed by atoms with van der Waals surface area (Å²) in [5.41, 5.74) is 1.55. The second-order valence-corrected chi connectivity index (χ2v) is 13.7. The van der Waals surface area contributed by atoms with Gasteiger partial charge in [-0.25, -0.2) is 22.0 Å². The van der Waals surface area contributed by atoms with Crippen molar-refractivity contribution in [2.75, 3.05) is 18.3 Å². The van der Waals surface area contributed by atoms with Crippen LogP contribution in [-0.4, -0.2) is 47.2 Å². The number of sulfonamides is 2. The van der Waals surface area contributed by atoms with Gasteiger partial charge in [-0.15, -0.1) is 0 Å². The van der Waals surface area contributed by atoms with Crippen LogP contribution in [-0.2, 0) is 31.3 Å². The molecule has 1 heterocycles. The molecular formula is C26H37N5O4S2. The molecule has 2 aromatic rings. The minimum Gasteiger partial charge on any atom is -0.310 e. The average molecular weight is 548 g/mol. The van der Waals surface area contributed by atoms with Gasteiger partial charge in [-0.2, -0.15) is 5.10 Å². The molecule has 0 amide bonds. The number of likely N-dealkylation sites (N-methyl/N-ethyl adjacent to an activating group) is 1. The molecule has 0 spiro atoms. The SMILES string of the molecule is CC1=NN(C)CC1(c1ccccc1S(=O)(=O)Nc1ccccc1CN[C@@H](C)CC1CCCC1)S(N)(=O)=O. The maximum atomic E-state index is 13.7. The Morgan fingerprint density at radius 1 is 1.08 bits per heavy atom. The number of nitrogens with one attached hydrogen (secondary N) is 2. The fourth-order valence-electron chi connectivity index (χ4n) is 5.66. The van der Waals surface area contributed by atoms with Gasteiger partial charge in [0.15, 0.2) is 4.75 Å². The van der Waals surface area contributed by atoms with Crippen LogP contribution >= 0.6 is 0 Å². The summed E-state index contributed by atoms with van der Waals surface area (Å²) in [6.45, 7) is 4.14. The topological polar surface area (TPSA) is 134 Å². The molecule has 11 heteroatoms. The number of hydrogen-bond acceptors (Lipinski definition) is 7. The van der Waals surface area contributed by atoms with Gasteiger partial charge in [0.2, 0.25) is 10.0 Å². The third-order valence-electron chi connectivity index (χ3n) is 7.52. The summed E-state index contributed by atoms with van der Waals surface area (Å²) in [6, 6.07) is 13.6. The Hall–Kier alpha value is -2.47. The molecule has 0 aromatic heterocycles. The first kappa shape index (κ1) is 27.6. The first-order valence-corrected chi connectivity index (χ1v) is 15.7. The quantitative estimate of drug-likeness (QED) is 0.418. The van der Waals surface area contributed by atoms with Crippen molar-refractivity contribution >= 4 is 31.4 Å². The molecule has 4 rings (SSSR count). The van der Waals surface area contributed by atoms with Crippen molar-refractivity contribution in [2.45, 2.75) is 68.2 Å². The summed E-state index contributed by atoms with van der Waals surface area (Å²) < 4.78 is 54.2. The largest absolute Gasteiger partial charge is 0.310 e. The number of nitrogens with zero attached hydrogens (tertiary/aromatic N) is 2. The zero-order valence-electron chi connectivity index (χ0n) is 21.6. The van der Waals surface area contributed by atoms with E-state index in [9.17, 15) is 16.8 Å². The number of hydrazone groups is 1. The van der Waals surface area contributed by atoms with E-state index in [1.165, 1.54) is 42.8 Å². The molecule has 1 unspecified atom stereocenters. The van der Waals surface area contributed by atoms with Crippen LogP contribution < -0.4 is 15.2 Å². The van der Waals surface area contributed by atoms with E-state index in [0.717, 1.165) is 17.9 Å². The number of hydrogen-bond donors (Lipinski definition) is 3. The van der Waals surface area contributed by atoms with E-state index < -0.39 is 24.8 Å². The Morgan fingerprint density at radius 3 is 2.38 bits per heavy atom. The number of rotatable bonds is 10. The number of nitrogens with two attached hydrogens (primary N) is 1. The molecule has 0 bridgehead atoms. The molecule has 2 aromatic carbocycles. The fourth-order valence-corrected chi connectivity index (χ4v) is 8.42. The number of primary sulfonamides is 1. The minimum atomic E-state index is -4.27. The van der Waals surface area contributed by atoms with Crippen LogP contribution in [0.1, 0.15) is 57.1 Å². The van der Waals surface area contributed by atoms with Gasteiger partial charge >= 0.3 is 0 Å². The van der Waals surface area contributed by atoms with Crippen LogP contribution in [0.4, 0.5) is 5.69 Å². The van der Waals surface area contributed by atoms with Gasteiger partial charge in [0.05, 0.1) is 22.8 Å². The van der Waals surface area contributed by atoms with Gasteiger partial charge in [0, 0.05) is 25.2 Å². The molecular weight excluding hydrogens is 510 g/mol. The third-order valence-corrected chi connectivity index (χ3v) is 10.6. The summed E-state index contributed by atoms with van der Waals surface area (Å²) in [7, 11) is -6.81. The molecule has 1 aliphatic heterocycles. The zero-order valence-corrected chi connectivity index (χ0v) is 23.3. The normalized spacial score (nSPS) is 21.7. The molecule has 1 saturated carbocycles. The molecule has 9 nitrogen and oxygen atoms in total. The maximum Gasteiger partial charge on any atom is 0.262 e. The predicted octanol–water partition coefficient (Wildman–Crippen LogP) is 3.35. The van der Waals surface area contributed by atoms with E-state index in [-0.39, 0.29) is 22.7 Å². The Morgan fingerprint density at radius 2 is 1.73 bits per heavy atom. The number of benzene rings is 2. The lowest BCUT2D eigenvalue weighted by Crippen LogP contribution is -2.49. The molecule has 0 radical (unpaired) electrons. The first-order chi connectivity index (χ1) is 17.4. The summed E-state index contributed by atoms with van der Waals surface area (Å²) in [4.78, 5) is -0.147.